The lowest BCUT2D eigenvalue weighted by molar-refractivity contribution is -0.140. The number of fused-ring (bicyclic) bond motifs is 1. The number of halogens is 3. The fraction of sp³-hybridized carbons (Fsp3) is 0.200. The average molecular weight is 503 g/mol. The predicted molar refractivity (Wildman–Crippen MR) is 124 cm³/mol. The van der Waals surface area contributed by atoms with Crippen LogP contribution in [0.2, 0.25) is 0 Å². The molecule has 2 aromatic carbocycles. The van der Waals surface area contributed by atoms with Gasteiger partial charge in [0.05, 0.1) is 21.5 Å². The van der Waals surface area contributed by atoms with Crippen LogP contribution in [0.1, 0.15) is 57.9 Å². The van der Waals surface area contributed by atoms with Crippen molar-refractivity contribution in [2.24, 2.45) is 0 Å². The highest BCUT2D eigenvalue weighted by atomic mass is 32.2. The number of aromatic amines is 1. The van der Waals surface area contributed by atoms with Crippen LogP contribution in [0.5, 0.6) is 0 Å². The van der Waals surface area contributed by atoms with E-state index in [1.54, 1.807) is 12.1 Å². The second-order valence-electron chi connectivity index (χ2n) is 8.43. The minimum Gasteiger partial charge on any atom is -0.478 e. The van der Waals surface area contributed by atoms with E-state index in [4.69, 9.17) is 0 Å². The molecule has 4 rings (SSSR count). The molecule has 6 nitrogen and oxygen atoms in total. The number of carboxylic acid groups (broad SMARTS) is 1. The Morgan fingerprint density at radius 2 is 1.54 bits per heavy atom. The monoisotopic (exact) mass is 502 g/mol. The minimum atomic E-state index is -4.65. The van der Waals surface area contributed by atoms with Crippen LogP contribution in [-0.2, 0) is 16.0 Å². The van der Waals surface area contributed by atoms with Crippen molar-refractivity contribution in [2.75, 3.05) is 0 Å². The van der Waals surface area contributed by atoms with Gasteiger partial charge in [-0.1, -0.05) is 38.1 Å². The van der Waals surface area contributed by atoms with Crippen LogP contribution < -0.4 is 0 Å². The lowest BCUT2D eigenvalue weighted by Crippen LogP contribution is -2.16. The van der Waals surface area contributed by atoms with Crippen molar-refractivity contribution in [1.82, 2.24) is 9.97 Å². The first-order valence-electron chi connectivity index (χ1n) is 10.6. The second-order valence-corrected chi connectivity index (χ2v) is 10.5. The normalized spacial score (nSPS) is 13.3. The fourth-order valence-corrected chi connectivity index (χ4v) is 5.60. The molecule has 1 atom stereocenters. The van der Waals surface area contributed by atoms with E-state index in [1.807, 2.05) is 13.8 Å². The van der Waals surface area contributed by atoms with Crippen molar-refractivity contribution in [2.45, 2.75) is 36.1 Å². The van der Waals surface area contributed by atoms with Crippen LogP contribution in [0.15, 0.2) is 71.6 Å². The lowest BCUT2D eigenvalue weighted by atomic mass is 10.0. The number of nitrogens with zero attached hydrogens (tertiary/aromatic N) is 1. The topological polar surface area (TPSA) is 100 Å². The summed E-state index contributed by atoms with van der Waals surface area (Å²) in [5.74, 6) is -0.983. The summed E-state index contributed by atoms with van der Waals surface area (Å²) >= 11 is 0. The van der Waals surface area contributed by atoms with E-state index in [1.165, 1.54) is 48.5 Å². The highest BCUT2D eigenvalue weighted by Gasteiger charge is 2.35. The largest absolute Gasteiger partial charge is 0.478 e. The van der Waals surface area contributed by atoms with E-state index >= 15 is 0 Å². The van der Waals surface area contributed by atoms with Gasteiger partial charge in [-0.15, -0.1) is 0 Å². The third-order valence-corrected chi connectivity index (χ3v) is 7.79. The number of sulfone groups is 1. The highest BCUT2D eigenvalue weighted by molar-refractivity contribution is 7.91. The molecule has 0 aliphatic carbocycles. The molecule has 0 aliphatic rings. The summed E-state index contributed by atoms with van der Waals surface area (Å²) in [6.07, 6.45) is -4.65. The molecule has 182 valence electrons. The molecule has 4 aromatic rings. The Kier molecular flexibility index (Phi) is 6.18. The first-order chi connectivity index (χ1) is 16.4. The van der Waals surface area contributed by atoms with Gasteiger partial charge in [0.25, 0.3) is 0 Å². The maximum Gasteiger partial charge on any atom is 0.433 e. The SMILES string of the molecule is CC(C)c1ccc(S(=O)(=O)C(c2ccc(C(=O)O)cc2)c2cc3nc(C(F)(F)F)ccc3[nH]2)cc1. The highest BCUT2D eigenvalue weighted by Crippen LogP contribution is 2.37. The Balaban J connectivity index is 1.88. The van der Waals surface area contributed by atoms with Gasteiger partial charge in [0.2, 0.25) is 0 Å². The van der Waals surface area contributed by atoms with E-state index in [9.17, 15) is 31.5 Å². The number of H-pyrrole nitrogens is 1. The lowest BCUT2D eigenvalue weighted by Gasteiger charge is -2.18. The van der Waals surface area contributed by atoms with Crippen molar-refractivity contribution in [1.29, 1.82) is 0 Å². The minimum absolute atomic E-state index is 0.0248. The van der Waals surface area contributed by atoms with E-state index in [0.29, 0.717) is 0 Å². The van der Waals surface area contributed by atoms with E-state index in [-0.39, 0.29) is 38.7 Å². The standard InChI is InChI=1S/C25H21F3N2O4S/c1-14(2)15-7-9-18(10-8-15)35(33,34)23(16-3-5-17(6-4-16)24(31)32)21-13-20-19(29-21)11-12-22(30-20)25(26,27)28/h3-14,23,29H,1-2H3,(H,31,32). The summed E-state index contributed by atoms with van der Waals surface area (Å²) in [6.45, 7) is 3.95. The van der Waals surface area contributed by atoms with Crippen molar-refractivity contribution >= 4 is 26.8 Å². The summed E-state index contributed by atoms with van der Waals surface area (Å²) in [5.41, 5.74) is 0.399. The Morgan fingerprint density at radius 1 is 0.943 bits per heavy atom. The number of benzene rings is 2. The third-order valence-electron chi connectivity index (χ3n) is 5.71. The first-order valence-corrected chi connectivity index (χ1v) is 12.2. The van der Waals surface area contributed by atoms with Gasteiger partial charge in [-0.05, 0) is 59.5 Å². The fourth-order valence-electron chi connectivity index (χ4n) is 3.83. The van der Waals surface area contributed by atoms with Crippen molar-refractivity contribution in [3.05, 3.63) is 94.8 Å². The number of alkyl halides is 3. The quantitative estimate of drug-likeness (QED) is 0.339. The number of carbonyl (C=O) groups is 1. The smallest absolute Gasteiger partial charge is 0.433 e. The summed E-state index contributed by atoms with van der Waals surface area (Å²) in [5, 5.41) is 7.87. The number of rotatable bonds is 6. The predicted octanol–water partition coefficient (Wildman–Crippen LogP) is 5.97. The molecule has 0 amide bonds. The van der Waals surface area contributed by atoms with Gasteiger partial charge in [0.1, 0.15) is 10.9 Å². The Morgan fingerprint density at radius 3 is 2.09 bits per heavy atom. The summed E-state index contributed by atoms with van der Waals surface area (Å²) in [4.78, 5) is 17.8. The Hall–Kier alpha value is -3.66. The molecule has 35 heavy (non-hydrogen) atoms. The van der Waals surface area contributed by atoms with Gasteiger partial charge >= 0.3 is 12.1 Å². The molecule has 2 N–H and O–H groups in total. The molecule has 0 saturated carbocycles. The van der Waals surface area contributed by atoms with Gasteiger partial charge in [-0.25, -0.2) is 18.2 Å². The summed E-state index contributed by atoms with van der Waals surface area (Å²) < 4.78 is 67.0. The maximum absolute atomic E-state index is 13.8. The van der Waals surface area contributed by atoms with Crippen molar-refractivity contribution < 1.29 is 31.5 Å². The molecule has 0 fully saturated rings. The van der Waals surface area contributed by atoms with Crippen LogP contribution in [0, 0.1) is 0 Å². The number of aromatic nitrogens is 2. The molecule has 0 radical (unpaired) electrons. The molecule has 2 heterocycles. The van der Waals surface area contributed by atoms with Crippen LogP contribution in [-0.4, -0.2) is 29.5 Å². The van der Waals surface area contributed by atoms with Gasteiger partial charge in [0, 0.05) is 5.69 Å². The molecule has 0 saturated heterocycles. The molecule has 0 aliphatic heterocycles. The van der Waals surface area contributed by atoms with Gasteiger partial charge < -0.3 is 10.1 Å². The number of carboxylic acids is 1. The molecule has 1 unspecified atom stereocenters. The number of pyridine rings is 1. The molecule has 2 aromatic heterocycles. The zero-order valence-corrected chi connectivity index (χ0v) is 19.5. The third kappa shape index (κ3) is 4.79. The number of hydrogen-bond donors (Lipinski definition) is 2. The van der Waals surface area contributed by atoms with Gasteiger partial charge in [-0.3, -0.25) is 0 Å². The van der Waals surface area contributed by atoms with Crippen LogP contribution in [0.25, 0.3) is 11.0 Å². The zero-order chi connectivity index (χ0) is 25.5. The van der Waals surface area contributed by atoms with E-state index in [0.717, 1.165) is 11.6 Å². The molecule has 0 spiro atoms. The molecular formula is C25H21F3N2O4S. The average Bonchev–Trinajstić information content (AvgIpc) is 3.21. The van der Waals surface area contributed by atoms with Crippen molar-refractivity contribution in [3.63, 3.8) is 0 Å². The molecule has 0 bridgehead atoms. The first kappa shape index (κ1) is 24.5. The second kappa shape index (κ2) is 8.84. The summed E-state index contributed by atoms with van der Waals surface area (Å²) in [6, 6.07) is 15.0. The van der Waals surface area contributed by atoms with Crippen molar-refractivity contribution in [3.8, 4) is 0 Å². The van der Waals surface area contributed by atoms with E-state index < -0.39 is 32.9 Å². The van der Waals surface area contributed by atoms with Crippen LogP contribution >= 0.6 is 0 Å². The van der Waals surface area contributed by atoms with Gasteiger partial charge in [0.15, 0.2) is 9.84 Å². The zero-order valence-electron chi connectivity index (χ0n) is 18.7. The van der Waals surface area contributed by atoms with Crippen LogP contribution in [0.4, 0.5) is 13.2 Å². The van der Waals surface area contributed by atoms with E-state index in [2.05, 4.69) is 9.97 Å². The molecule has 10 heteroatoms. The number of nitrogens with one attached hydrogen (secondary N) is 1. The number of aromatic carboxylic acids is 1. The Labute approximate surface area is 199 Å². The van der Waals surface area contributed by atoms with Gasteiger partial charge in [-0.2, -0.15) is 13.2 Å². The number of hydrogen-bond acceptors (Lipinski definition) is 4. The van der Waals surface area contributed by atoms with Crippen LogP contribution in [0.3, 0.4) is 0 Å². The summed E-state index contributed by atoms with van der Waals surface area (Å²) in [7, 11) is -4.10. The maximum atomic E-state index is 13.8. The molecular weight excluding hydrogens is 481 g/mol. The Bertz CT molecular complexity index is 1490.